The summed E-state index contributed by atoms with van der Waals surface area (Å²) in [5.41, 5.74) is 1.93. The number of aromatic nitrogens is 3. The molecule has 1 N–H and O–H groups in total. The van der Waals surface area contributed by atoms with E-state index in [9.17, 15) is 8.42 Å². The molecule has 104 valence electrons. The number of fused-ring (bicyclic) bond motifs is 1. The van der Waals surface area contributed by atoms with E-state index >= 15 is 0 Å². The lowest BCUT2D eigenvalue weighted by molar-refractivity contribution is 0.602. The minimum Gasteiger partial charge on any atom is -0.277 e. The van der Waals surface area contributed by atoms with Crippen LogP contribution in [0.25, 0.3) is 11.0 Å². The molecule has 6 nitrogen and oxygen atoms in total. The van der Waals surface area contributed by atoms with Gasteiger partial charge in [-0.3, -0.25) is 4.72 Å². The highest BCUT2D eigenvalue weighted by Crippen LogP contribution is 2.30. The van der Waals surface area contributed by atoms with E-state index in [1.165, 1.54) is 0 Å². The summed E-state index contributed by atoms with van der Waals surface area (Å²) in [4.78, 5) is 3.91. The Bertz CT molecular complexity index is 887. The van der Waals surface area contributed by atoms with Crippen LogP contribution in [-0.2, 0) is 10.0 Å². The minimum absolute atomic E-state index is 0.0997. The molecule has 0 atom stereocenters. The SMILES string of the molecule is Cc1nc(Cl)sc1S(=O)(=O)Nc1cccc2nsnc12. The van der Waals surface area contributed by atoms with Crippen LogP contribution < -0.4 is 4.72 Å². The summed E-state index contributed by atoms with van der Waals surface area (Å²) in [6.45, 7) is 1.60. The summed E-state index contributed by atoms with van der Waals surface area (Å²) in [5, 5.41) is 0. The van der Waals surface area contributed by atoms with Crippen molar-refractivity contribution >= 4 is 61.4 Å². The van der Waals surface area contributed by atoms with Crippen LogP contribution in [0.2, 0.25) is 4.47 Å². The maximum Gasteiger partial charge on any atom is 0.273 e. The Morgan fingerprint density at radius 2 is 2.10 bits per heavy atom. The molecule has 2 heterocycles. The van der Waals surface area contributed by atoms with Crippen molar-refractivity contribution in [3.8, 4) is 0 Å². The molecule has 3 rings (SSSR count). The van der Waals surface area contributed by atoms with Gasteiger partial charge < -0.3 is 0 Å². The van der Waals surface area contributed by atoms with Gasteiger partial charge in [0, 0.05) is 0 Å². The third kappa shape index (κ3) is 2.37. The number of nitrogens with one attached hydrogen (secondary N) is 1. The number of halogens is 1. The third-order valence-electron chi connectivity index (χ3n) is 2.50. The Kier molecular flexibility index (Phi) is 3.36. The van der Waals surface area contributed by atoms with Crippen LogP contribution in [0.5, 0.6) is 0 Å². The second-order valence-corrected chi connectivity index (χ2v) is 7.87. The Morgan fingerprint density at radius 3 is 2.80 bits per heavy atom. The lowest BCUT2D eigenvalue weighted by Crippen LogP contribution is -2.13. The second-order valence-electron chi connectivity index (χ2n) is 3.88. The van der Waals surface area contributed by atoms with Crippen molar-refractivity contribution in [3.05, 3.63) is 28.4 Å². The molecule has 10 heteroatoms. The fourth-order valence-corrected chi connectivity index (χ4v) is 5.04. The summed E-state index contributed by atoms with van der Waals surface area (Å²) in [5.74, 6) is 0. The zero-order valence-electron chi connectivity index (χ0n) is 9.99. The molecule has 0 fully saturated rings. The van der Waals surface area contributed by atoms with Crippen LogP contribution in [-0.4, -0.2) is 22.1 Å². The molecule has 0 aliphatic heterocycles. The van der Waals surface area contributed by atoms with E-state index in [-0.39, 0.29) is 8.68 Å². The van der Waals surface area contributed by atoms with Crippen LogP contribution in [0.15, 0.2) is 22.4 Å². The first kappa shape index (κ1) is 13.7. The number of anilines is 1. The number of aryl methyl sites for hydroxylation is 1. The van der Waals surface area contributed by atoms with E-state index in [1.54, 1.807) is 25.1 Å². The number of hydrogen-bond acceptors (Lipinski definition) is 7. The van der Waals surface area contributed by atoms with Crippen molar-refractivity contribution in [1.82, 2.24) is 13.7 Å². The van der Waals surface area contributed by atoms with Crippen LogP contribution >= 0.6 is 34.7 Å². The molecule has 0 aliphatic carbocycles. The van der Waals surface area contributed by atoms with Gasteiger partial charge in [-0.25, -0.2) is 13.4 Å². The summed E-state index contributed by atoms with van der Waals surface area (Å²) in [6, 6.07) is 5.12. The lowest BCUT2D eigenvalue weighted by Gasteiger charge is -2.06. The lowest BCUT2D eigenvalue weighted by atomic mass is 10.3. The number of sulfonamides is 1. The molecule has 0 unspecified atom stereocenters. The van der Waals surface area contributed by atoms with Gasteiger partial charge >= 0.3 is 0 Å². The van der Waals surface area contributed by atoms with E-state index in [4.69, 9.17) is 11.6 Å². The Hall–Kier alpha value is -1.29. The van der Waals surface area contributed by atoms with E-state index < -0.39 is 10.0 Å². The summed E-state index contributed by atoms with van der Waals surface area (Å²) in [7, 11) is -3.73. The highest BCUT2D eigenvalue weighted by molar-refractivity contribution is 7.94. The summed E-state index contributed by atoms with van der Waals surface area (Å²) in [6.07, 6.45) is 0. The van der Waals surface area contributed by atoms with Crippen molar-refractivity contribution in [3.63, 3.8) is 0 Å². The number of thiazole rings is 1. The Morgan fingerprint density at radius 1 is 1.30 bits per heavy atom. The quantitative estimate of drug-likeness (QED) is 0.788. The zero-order valence-corrected chi connectivity index (χ0v) is 13.2. The molecule has 2 aromatic heterocycles. The number of nitrogens with zero attached hydrogens (tertiary/aromatic N) is 3. The van der Waals surface area contributed by atoms with E-state index in [1.807, 2.05) is 0 Å². The molecule has 0 radical (unpaired) electrons. The van der Waals surface area contributed by atoms with Gasteiger partial charge in [0.05, 0.1) is 23.1 Å². The maximum absolute atomic E-state index is 12.4. The monoisotopic (exact) mass is 346 g/mol. The highest BCUT2D eigenvalue weighted by atomic mass is 35.5. The molecule has 20 heavy (non-hydrogen) atoms. The average Bonchev–Trinajstić information content (AvgIpc) is 2.96. The van der Waals surface area contributed by atoms with Crippen molar-refractivity contribution in [2.24, 2.45) is 0 Å². The largest absolute Gasteiger partial charge is 0.277 e. The van der Waals surface area contributed by atoms with Gasteiger partial charge in [-0.1, -0.05) is 29.0 Å². The number of rotatable bonds is 3. The van der Waals surface area contributed by atoms with Gasteiger partial charge in [0.2, 0.25) is 0 Å². The van der Waals surface area contributed by atoms with Crippen molar-refractivity contribution in [2.45, 2.75) is 11.1 Å². The summed E-state index contributed by atoms with van der Waals surface area (Å²) >= 11 is 7.70. The van der Waals surface area contributed by atoms with Crippen LogP contribution in [0.4, 0.5) is 5.69 Å². The first-order valence-electron chi connectivity index (χ1n) is 5.34. The topological polar surface area (TPSA) is 84.8 Å². The molecular weight excluding hydrogens is 340 g/mol. The van der Waals surface area contributed by atoms with Gasteiger partial charge in [-0.15, -0.1) is 0 Å². The molecule has 0 aliphatic rings. The molecule has 1 aromatic carbocycles. The smallest absolute Gasteiger partial charge is 0.273 e. The molecule has 0 amide bonds. The first-order valence-corrected chi connectivity index (χ1v) is 8.75. The molecule has 0 spiro atoms. The van der Waals surface area contributed by atoms with Crippen molar-refractivity contribution < 1.29 is 8.42 Å². The predicted octanol–water partition coefficient (Wildman–Crippen LogP) is 2.91. The zero-order chi connectivity index (χ0) is 14.3. The fraction of sp³-hybridized carbons (Fsp3) is 0.100. The fourth-order valence-electron chi connectivity index (χ4n) is 1.68. The van der Waals surface area contributed by atoms with Gasteiger partial charge in [-0.05, 0) is 19.1 Å². The van der Waals surface area contributed by atoms with Crippen molar-refractivity contribution in [2.75, 3.05) is 4.72 Å². The molecular formula is C10H7ClN4O2S3. The average molecular weight is 347 g/mol. The number of hydrogen-bond donors (Lipinski definition) is 1. The van der Waals surface area contributed by atoms with Crippen LogP contribution in [0.3, 0.4) is 0 Å². The Labute approximate surface area is 127 Å². The molecule has 0 bridgehead atoms. The van der Waals surface area contributed by atoms with Gasteiger partial charge in [0.1, 0.15) is 11.0 Å². The van der Waals surface area contributed by atoms with E-state index in [0.29, 0.717) is 22.4 Å². The Balaban J connectivity index is 2.06. The molecule has 3 aromatic rings. The summed E-state index contributed by atoms with van der Waals surface area (Å²) < 4.78 is 35.7. The van der Waals surface area contributed by atoms with Crippen LogP contribution in [0, 0.1) is 6.92 Å². The highest BCUT2D eigenvalue weighted by Gasteiger charge is 2.22. The second kappa shape index (κ2) is 4.92. The number of benzene rings is 1. The maximum atomic E-state index is 12.4. The van der Waals surface area contributed by atoms with Gasteiger partial charge in [0.15, 0.2) is 8.68 Å². The standard InChI is InChI=1S/C10H7ClN4O2S3/c1-5-9(18-10(11)12-5)20(16,17)15-7-4-2-3-6-8(7)14-19-13-6/h2-4,15H,1H3. The minimum atomic E-state index is -3.73. The normalized spacial score (nSPS) is 11.9. The van der Waals surface area contributed by atoms with Gasteiger partial charge in [0.25, 0.3) is 10.0 Å². The molecule has 0 saturated heterocycles. The van der Waals surface area contributed by atoms with Crippen LogP contribution in [0.1, 0.15) is 5.69 Å². The first-order chi connectivity index (χ1) is 9.47. The van der Waals surface area contributed by atoms with Gasteiger partial charge in [-0.2, -0.15) is 8.75 Å². The third-order valence-corrected chi connectivity index (χ3v) is 6.28. The van der Waals surface area contributed by atoms with E-state index in [2.05, 4.69) is 18.5 Å². The molecule has 0 saturated carbocycles. The predicted molar refractivity (Wildman–Crippen MR) is 80.1 cm³/mol. The van der Waals surface area contributed by atoms with Crippen molar-refractivity contribution in [1.29, 1.82) is 0 Å². The van der Waals surface area contributed by atoms with E-state index in [0.717, 1.165) is 23.1 Å².